The average Bonchev–Trinajstić information content (AvgIpc) is 3.41. The van der Waals surface area contributed by atoms with Crippen molar-refractivity contribution in [3.8, 4) is 11.5 Å². The number of hydrogen-bond donors (Lipinski definition) is 1. The summed E-state index contributed by atoms with van der Waals surface area (Å²) in [5.41, 5.74) is 0.524. The number of aliphatic hydroxyl groups excluding tert-OH is 1. The summed E-state index contributed by atoms with van der Waals surface area (Å²) >= 11 is 0. The number of rotatable bonds is 8. The fraction of sp³-hybridized carbons (Fsp3) is 0.368. The van der Waals surface area contributed by atoms with Gasteiger partial charge in [0, 0.05) is 11.7 Å². The maximum absolute atomic E-state index is 12.6. The van der Waals surface area contributed by atoms with Gasteiger partial charge in [0.25, 0.3) is 0 Å². The molecule has 0 unspecified atom stereocenters. The molecule has 152 valence electrons. The number of sulfone groups is 1. The van der Waals surface area contributed by atoms with Crippen molar-refractivity contribution in [3.05, 3.63) is 48.0 Å². The van der Waals surface area contributed by atoms with E-state index in [0.717, 1.165) is 24.7 Å². The normalized spacial score (nSPS) is 15.8. The molecular formula is C19H22O7S2. The SMILES string of the molecule is Cc1ccc(OCC2(CO)CC2)c(OS(=O)(=O)c2ccc(S(C)(=O)=O)cc2)c1. The van der Waals surface area contributed by atoms with Crippen LogP contribution in [0, 0.1) is 12.3 Å². The average molecular weight is 427 g/mol. The van der Waals surface area contributed by atoms with Crippen LogP contribution >= 0.6 is 0 Å². The van der Waals surface area contributed by atoms with Gasteiger partial charge in [0.1, 0.15) is 4.90 Å². The first kappa shape index (κ1) is 20.6. The minimum atomic E-state index is -4.18. The predicted molar refractivity (Wildman–Crippen MR) is 103 cm³/mol. The molecule has 1 aliphatic rings. The molecule has 0 radical (unpaired) electrons. The van der Waals surface area contributed by atoms with Gasteiger partial charge in [-0.3, -0.25) is 0 Å². The molecule has 0 spiro atoms. The highest BCUT2D eigenvalue weighted by atomic mass is 32.2. The van der Waals surface area contributed by atoms with Gasteiger partial charge in [0.05, 0.1) is 18.1 Å². The molecule has 0 aromatic heterocycles. The Kier molecular flexibility index (Phi) is 5.44. The molecule has 9 heteroatoms. The largest absolute Gasteiger partial charge is 0.489 e. The van der Waals surface area contributed by atoms with Gasteiger partial charge in [-0.15, -0.1) is 0 Å². The van der Waals surface area contributed by atoms with Crippen LogP contribution in [-0.4, -0.2) is 41.4 Å². The van der Waals surface area contributed by atoms with Gasteiger partial charge < -0.3 is 14.0 Å². The molecule has 1 N–H and O–H groups in total. The second-order valence-corrected chi connectivity index (χ2v) is 10.7. The molecule has 1 fully saturated rings. The number of ether oxygens (including phenoxy) is 1. The van der Waals surface area contributed by atoms with Crippen LogP contribution in [0.2, 0.25) is 0 Å². The Bertz CT molecular complexity index is 1070. The van der Waals surface area contributed by atoms with E-state index in [1.54, 1.807) is 25.1 Å². The van der Waals surface area contributed by atoms with Gasteiger partial charge in [0.15, 0.2) is 21.3 Å². The van der Waals surface area contributed by atoms with Gasteiger partial charge in [-0.1, -0.05) is 6.07 Å². The van der Waals surface area contributed by atoms with Crippen molar-refractivity contribution in [1.29, 1.82) is 0 Å². The van der Waals surface area contributed by atoms with E-state index < -0.39 is 20.0 Å². The van der Waals surface area contributed by atoms with E-state index in [-0.39, 0.29) is 39.9 Å². The molecule has 0 aliphatic heterocycles. The summed E-state index contributed by atoms with van der Waals surface area (Å²) in [5.74, 6) is 0.308. The predicted octanol–water partition coefficient (Wildman–Crippen LogP) is 2.32. The molecule has 0 amide bonds. The summed E-state index contributed by atoms with van der Waals surface area (Å²) in [7, 11) is -7.61. The Balaban J connectivity index is 1.84. The fourth-order valence-electron chi connectivity index (χ4n) is 2.58. The minimum Gasteiger partial charge on any atom is -0.489 e. The van der Waals surface area contributed by atoms with Crippen LogP contribution in [0.3, 0.4) is 0 Å². The smallest absolute Gasteiger partial charge is 0.339 e. The lowest BCUT2D eigenvalue weighted by molar-refractivity contribution is 0.145. The van der Waals surface area contributed by atoms with Gasteiger partial charge in [-0.25, -0.2) is 8.42 Å². The first-order valence-electron chi connectivity index (χ1n) is 8.64. The van der Waals surface area contributed by atoms with Crippen molar-refractivity contribution in [2.75, 3.05) is 19.5 Å². The van der Waals surface area contributed by atoms with Gasteiger partial charge in [-0.2, -0.15) is 8.42 Å². The highest BCUT2D eigenvalue weighted by molar-refractivity contribution is 7.90. The van der Waals surface area contributed by atoms with Crippen LogP contribution in [0.15, 0.2) is 52.3 Å². The highest BCUT2D eigenvalue weighted by Crippen LogP contribution is 2.46. The first-order valence-corrected chi connectivity index (χ1v) is 11.9. The summed E-state index contributed by atoms with van der Waals surface area (Å²) < 4.78 is 59.3. The maximum atomic E-state index is 12.6. The maximum Gasteiger partial charge on any atom is 0.339 e. The summed E-state index contributed by atoms with van der Waals surface area (Å²) in [5, 5.41) is 9.41. The second-order valence-electron chi connectivity index (χ2n) is 7.18. The summed E-state index contributed by atoms with van der Waals surface area (Å²) in [6, 6.07) is 9.76. The topological polar surface area (TPSA) is 107 Å². The number of aliphatic hydroxyl groups is 1. The van der Waals surface area contributed by atoms with Gasteiger partial charge in [0.2, 0.25) is 0 Å². The van der Waals surface area contributed by atoms with E-state index in [4.69, 9.17) is 8.92 Å². The second kappa shape index (κ2) is 7.38. The minimum absolute atomic E-state index is 0.0139. The zero-order chi connectivity index (χ0) is 20.6. The Morgan fingerprint density at radius 3 is 2.11 bits per heavy atom. The van der Waals surface area contributed by atoms with E-state index in [9.17, 15) is 21.9 Å². The molecule has 0 heterocycles. The van der Waals surface area contributed by atoms with Gasteiger partial charge in [-0.05, 0) is 61.7 Å². The van der Waals surface area contributed by atoms with Crippen molar-refractivity contribution in [2.45, 2.75) is 29.6 Å². The Labute approximate surface area is 165 Å². The molecule has 0 bridgehead atoms. The molecule has 3 rings (SSSR count). The molecule has 0 saturated heterocycles. The molecule has 2 aromatic rings. The van der Waals surface area contributed by atoms with Crippen molar-refractivity contribution < 1.29 is 30.9 Å². The fourth-order valence-corrected chi connectivity index (χ4v) is 4.14. The van der Waals surface area contributed by atoms with Crippen molar-refractivity contribution in [1.82, 2.24) is 0 Å². The molecule has 1 saturated carbocycles. The number of hydrogen-bond acceptors (Lipinski definition) is 7. The van der Waals surface area contributed by atoms with Crippen LogP contribution in [0.25, 0.3) is 0 Å². The standard InChI is InChI=1S/C19H22O7S2/c1-14-3-8-17(25-13-19(12-20)9-10-19)18(11-14)26-28(23,24)16-6-4-15(5-7-16)27(2,21)22/h3-8,11,20H,9-10,12-13H2,1-2H3. The van der Waals surface area contributed by atoms with E-state index in [2.05, 4.69) is 0 Å². The Morgan fingerprint density at radius 2 is 1.57 bits per heavy atom. The quantitative estimate of drug-likeness (QED) is 0.646. The number of benzene rings is 2. The van der Waals surface area contributed by atoms with E-state index in [1.807, 2.05) is 0 Å². The van der Waals surface area contributed by atoms with Gasteiger partial charge >= 0.3 is 10.1 Å². The van der Waals surface area contributed by atoms with Crippen LogP contribution in [-0.2, 0) is 20.0 Å². The Hall–Kier alpha value is -2.10. The molecule has 0 atom stereocenters. The van der Waals surface area contributed by atoms with Crippen molar-refractivity contribution >= 4 is 20.0 Å². The summed E-state index contributed by atoms with van der Waals surface area (Å²) in [4.78, 5) is -0.147. The first-order chi connectivity index (χ1) is 13.0. The molecule has 7 nitrogen and oxygen atoms in total. The zero-order valence-electron chi connectivity index (χ0n) is 15.6. The van der Waals surface area contributed by atoms with Crippen LogP contribution in [0.5, 0.6) is 11.5 Å². The zero-order valence-corrected chi connectivity index (χ0v) is 17.2. The third-order valence-electron chi connectivity index (χ3n) is 4.67. The Morgan fingerprint density at radius 1 is 0.964 bits per heavy atom. The molecular weight excluding hydrogens is 404 g/mol. The van der Waals surface area contributed by atoms with Crippen molar-refractivity contribution in [2.24, 2.45) is 5.41 Å². The molecule has 1 aliphatic carbocycles. The van der Waals surface area contributed by atoms with Crippen LogP contribution in [0.4, 0.5) is 0 Å². The van der Waals surface area contributed by atoms with Crippen molar-refractivity contribution in [3.63, 3.8) is 0 Å². The lowest BCUT2D eigenvalue weighted by Crippen LogP contribution is -2.18. The summed E-state index contributed by atoms with van der Waals surface area (Å²) in [6.07, 6.45) is 2.76. The monoisotopic (exact) mass is 426 g/mol. The van der Waals surface area contributed by atoms with Crippen LogP contribution < -0.4 is 8.92 Å². The third kappa shape index (κ3) is 4.65. The third-order valence-corrected chi connectivity index (χ3v) is 7.04. The highest BCUT2D eigenvalue weighted by Gasteiger charge is 2.43. The van der Waals surface area contributed by atoms with E-state index in [1.165, 1.54) is 24.3 Å². The lowest BCUT2D eigenvalue weighted by atomic mass is 10.1. The van der Waals surface area contributed by atoms with Crippen LogP contribution in [0.1, 0.15) is 18.4 Å². The van der Waals surface area contributed by atoms with E-state index in [0.29, 0.717) is 0 Å². The number of aryl methyl sites for hydroxylation is 1. The summed E-state index contributed by atoms with van der Waals surface area (Å²) in [6.45, 7) is 2.08. The van der Waals surface area contributed by atoms with E-state index >= 15 is 0 Å². The molecule has 28 heavy (non-hydrogen) atoms. The molecule has 2 aromatic carbocycles. The lowest BCUT2D eigenvalue weighted by Gasteiger charge is -2.16.